The Hall–Kier alpha value is -2.52. The van der Waals surface area contributed by atoms with Crippen LogP contribution in [-0.4, -0.2) is 41.9 Å². The summed E-state index contributed by atoms with van der Waals surface area (Å²) in [7, 11) is 0. The number of nitrogens with zero attached hydrogens (tertiary/aromatic N) is 6. The number of hydrogen-bond donors (Lipinski definition) is 0. The molecule has 156 valence electrons. The third-order valence-electron chi connectivity index (χ3n) is 5.61. The van der Waals surface area contributed by atoms with E-state index in [9.17, 15) is 4.79 Å². The van der Waals surface area contributed by atoms with Gasteiger partial charge in [0.2, 0.25) is 0 Å². The molecule has 1 aliphatic heterocycles. The van der Waals surface area contributed by atoms with Crippen LogP contribution in [0.5, 0.6) is 0 Å². The van der Waals surface area contributed by atoms with E-state index in [0.29, 0.717) is 25.7 Å². The summed E-state index contributed by atoms with van der Waals surface area (Å²) in [6.07, 6.45) is 6.28. The summed E-state index contributed by atoms with van der Waals surface area (Å²) in [6, 6.07) is 3.92. The Morgan fingerprint density at radius 1 is 1.23 bits per heavy atom. The summed E-state index contributed by atoms with van der Waals surface area (Å²) in [6.45, 7) is 6.70. The second kappa shape index (κ2) is 7.63. The zero-order chi connectivity index (χ0) is 20.8. The predicted molar refractivity (Wildman–Crippen MR) is 118 cm³/mol. The Kier molecular flexibility index (Phi) is 4.94. The molecular weight excluding hydrogens is 448 g/mol. The van der Waals surface area contributed by atoms with Crippen molar-refractivity contribution < 1.29 is 4.74 Å². The van der Waals surface area contributed by atoms with Crippen LogP contribution in [0.25, 0.3) is 22.2 Å². The topological polar surface area (TPSA) is 79.8 Å². The fourth-order valence-corrected chi connectivity index (χ4v) is 4.24. The van der Waals surface area contributed by atoms with Gasteiger partial charge in [-0.05, 0) is 40.4 Å². The Bertz CT molecular complexity index is 1280. The van der Waals surface area contributed by atoms with E-state index in [0.717, 1.165) is 45.5 Å². The summed E-state index contributed by atoms with van der Waals surface area (Å²) < 4.78 is 12.0. The average Bonchev–Trinajstić information content (AvgIpc) is 3.15. The highest BCUT2D eigenvalue weighted by Gasteiger charge is 2.27. The van der Waals surface area contributed by atoms with Crippen LogP contribution in [0.15, 0.2) is 40.0 Å². The lowest BCUT2D eigenvalue weighted by Gasteiger charge is -2.26. The van der Waals surface area contributed by atoms with E-state index < -0.39 is 0 Å². The maximum Gasteiger partial charge on any atom is 0.329 e. The van der Waals surface area contributed by atoms with E-state index in [-0.39, 0.29) is 11.7 Å². The molecule has 5 rings (SSSR count). The van der Waals surface area contributed by atoms with Gasteiger partial charge in [-0.2, -0.15) is 0 Å². The summed E-state index contributed by atoms with van der Waals surface area (Å²) >= 11 is 3.48. The SMILES string of the molecule is CC(C)CCn1c(Cn2c(=O)n(C3COC3)c3cnccc32)nc2cc(Br)cnc21. The second-order valence-corrected chi connectivity index (χ2v) is 9.07. The molecule has 8 nitrogen and oxygen atoms in total. The van der Waals surface area contributed by atoms with Crippen LogP contribution in [0.4, 0.5) is 0 Å². The van der Waals surface area contributed by atoms with Crippen molar-refractivity contribution in [2.24, 2.45) is 5.92 Å². The zero-order valence-electron chi connectivity index (χ0n) is 17.0. The molecule has 5 heterocycles. The highest BCUT2D eigenvalue weighted by atomic mass is 79.9. The predicted octanol–water partition coefficient (Wildman–Crippen LogP) is 3.37. The number of imidazole rings is 2. The molecule has 0 radical (unpaired) electrons. The van der Waals surface area contributed by atoms with Crippen molar-refractivity contribution in [2.45, 2.75) is 39.4 Å². The lowest BCUT2D eigenvalue weighted by Crippen LogP contribution is -2.38. The maximum absolute atomic E-state index is 13.4. The molecule has 0 bridgehead atoms. The van der Waals surface area contributed by atoms with Crippen molar-refractivity contribution >= 4 is 38.1 Å². The molecule has 0 aromatic carbocycles. The fourth-order valence-electron chi connectivity index (χ4n) is 3.92. The van der Waals surface area contributed by atoms with Crippen LogP contribution >= 0.6 is 15.9 Å². The quantitative estimate of drug-likeness (QED) is 0.431. The summed E-state index contributed by atoms with van der Waals surface area (Å²) in [4.78, 5) is 27.0. The number of aromatic nitrogens is 6. The van der Waals surface area contributed by atoms with Gasteiger partial charge in [0.25, 0.3) is 0 Å². The van der Waals surface area contributed by atoms with Crippen LogP contribution in [0.1, 0.15) is 32.1 Å². The molecule has 4 aromatic rings. The molecule has 30 heavy (non-hydrogen) atoms. The van der Waals surface area contributed by atoms with Crippen molar-refractivity contribution in [3.8, 4) is 0 Å². The molecule has 0 spiro atoms. The third-order valence-corrected chi connectivity index (χ3v) is 6.04. The first-order valence-electron chi connectivity index (χ1n) is 10.2. The fraction of sp³-hybridized carbons (Fsp3) is 0.429. The minimum atomic E-state index is -0.0529. The average molecular weight is 471 g/mol. The number of fused-ring (bicyclic) bond motifs is 2. The molecule has 0 aliphatic carbocycles. The van der Waals surface area contributed by atoms with Crippen molar-refractivity contribution in [1.82, 2.24) is 28.7 Å². The Morgan fingerprint density at radius 2 is 2.07 bits per heavy atom. The standard InChI is InChI=1S/C21H23BrN6O2/c1-13(2)4-6-26-19(25-16-7-14(22)8-24-20(16)26)10-27-17-3-5-23-9-18(17)28(21(27)29)15-11-30-12-15/h3,5,7-9,13,15H,4,6,10-12H2,1-2H3. The zero-order valence-corrected chi connectivity index (χ0v) is 18.5. The van der Waals surface area contributed by atoms with Gasteiger partial charge in [-0.3, -0.25) is 14.1 Å². The van der Waals surface area contributed by atoms with Crippen molar-refractivity contribution in [2.75, 3.05) is 13.2 Å². The van der Waals surface area contributed by atoms with E-state index in [4.69, 9.17) is 9.72 Å². The largest absolute Gasteiger partial charge is 0.377 e. The van der Waals surface area contributed by atoms with Gasteiger partial charge in [0, 0.05) is 23.4 Å². The van der Waals surface area contributed by atoms with Crippen LogP contribution in [0, 0.1) is 5.92 Å². The van der Waals surface area contributed by atoms with E-state index in [1.54, 1.807) is 23.2 Å². The van der Waals surface area contributed by atoms with Crippen molar-refractivity contribution in [3.05, 3.63) is 51.5 Å². The Labute approximate surface area is 181 Å². The van der Waals surface area contributed by atoms with Gasteiger partial charge >= 0.3 is 5.69 Å². The highest BCUT2D eigenvalue weighted by Crippen LogP contribution is 2.24. The van der Waals surface area contributed by atoms with Crippen molar-refractivity contribution in [3.63, 3.8) is 0 Å². The number of ether oxygens (including phenoxy) is 1. The van der Waals surface area contributed by atoms with E-state index in [2.05, 4.69) is 44.3 Å². The van der Waals surface area contributed by atoms with Crippen LogP contribution in [0.2, 0.25) is 0 Å². The molecule has 1 fully saturated rings. The van der Waals surface area contributed by atoms with E-state index >= 15 is 0 Å². The van der Waals surface area contributed by atoms with Crippen LogP contribution < -0.4 is 5.69 Å². The number of aryl methyl sites for hydroxylation is 1. The minimum Gasteiger partial charge on any atom is -0.377 e. The number of hydrogen-bond acceptors (Lipinski definition) is 5. The Morgan fingerprint density at radius 3 is 2.80 bits per heavy atom. The minimum absolute atomic E-state index is 0.0529. The van der Waals surface area contributed by atoms with Gasteiger partial charge in [0.1, 0.15) is 11.3 Å². The van der Waals surface area contributed by atoms with Gasteiger partial charge in [0.05, 0.1) is 43.0 Å². The molecule has 0 unspecified atom stereocenters. The van der Waals surface area contributed by atoms with E-state index in [1.165, 1.54) is 0 Å². The highest BCUT2D eigenvalue weighted by molar-refractivity contribution is 9.10. The molecule has 0 N–H and O–H groups in total. The van der Waals surface area contributed by atoms with Crippen molar-refractivity contribution in [1.29, 1.82) is 0 Å². The second-order valence-electron chi connectivity index (χ2n) is 8.15. The first kappa shape index (κ1) is 19.4. The smallest absolute Gasteiger partial charge is 0.329 e. The molecule has 0 atom stereocenters. The third kappa shape index (κ3) is 3.26. The number of halogens is 1. The first-order valence-corrected chi connectivity index (χ1v) is 11.0. The number of rotatable bonds is 6. The first-order chi connectivity index (χ1) is 14.5. The summed E-state index contributed by atoms with van der Waals surface area (Å²) in [5, 5.41) is 0. The molecule has 1 saturated heterocycles. The van der Waals surface area contributed by atoms with Crippen LogP contribution in [-0.2, 0) is 17.8 Å². The molecular formula is C21H23BrN6O2. The van der Waals surface area contributed by atoms with E-state index in [1.807, 2.05) is 16.7 Å². The van der Waals surface area contributed by atoms with Gasteiger partial charge in [-0.15, -0.1) is 0 Å². The monoisotopic (exact) mass is 470 g/mol. The molecule has 0 saturated carbocycles. The number of pyridine rings is 2. The van der Waals surface area contributed by atoms with Gasteiger partial charge < -0.3 is 9.30 Å². The van der Waals surface area contributed by atoms with Gasteiger partial charge in [-0.1, -0.05) is 13.8 Å². The van der Waals surface area contributed by atoms with Gasteiger partial charge in [0.15, 0.2) is 5.65 Å². The normalized spacial score (nSPS) is 14.8. The Balaban J connectivity index is 1.64. The summed E-state index contributed by atoms with van der Waals surface area (Å²) in [5.74, 6) is 1.39. The maximum atomic E-state index is 13.4. The van der Waals surface area contributed by atoms with Crippen LogP contribution in [0.3, 0.4) is 0 Å². The molecule has 4 aromatic heterocycles. The molecule has 0 amide bonds. The van der Waals surface area contributed by atoms with Gasteiger partial charge in [-0.25, -0.2) is 14.8 Å². The molecule has 1 aliphatic rings. The lowest BCUT2D eigenvalue weighted by atomic mass is 10.1. The lowest BCUT2D eigenvalue weighted by molar-refractivity contribution is -0.0231. The molecule has 9 heteroatoms. The summed E-state index contributed by atoms with van der Waals surface area (Å²) in [5.41, 5.74) is 3.32.